The second-order valence-corrected chi connectivity index (χ2v) is 7.45. The van der Waals surface area contributed by atoms with Crippen molar-refractivity contribution in [2.45, 2.75) is 60.4 Å². The standard InChI is InChI=1S/C18H31N/c1-13(2)10-15-8-7-9-16(12-15)17(19)11-14(3)18(4,5)6/h7-9,12-14,17H,10-11,19H2,1-6H3. The highest BCUT2D eigenvalue weighted by molar-refractivity contribution is 5.26. The van der Waals surface area contributed by atoms with E-state index in [0.717, 1.165) is 12.8 Å². The Morgan fingerprint density at radius 3 is 2.26 bits per heavy atom. The zero-order valence-corrected chi connectivity index (χ0v) is 13.5. The molecule has 0 aliphatic carbocycles. The Labute approximate surface area is 119 Å². The Hall–Kier alpha value is -0.820. The molecule has 1 aromatic carbocycles. The van der Waals surface area contributed by atoms with Gasteiger partial charge >= 0.3 is 0 Å². The lowest BCUT2D eigenvalue weighted by atomic mass is 9.77. The zero-order chi connectivity index (χ0) is 14.6. The van der Waals surface area contributed by atoms with Crippen molar-refractivity contribution < 1.29 is 0 Å². The van der Waals surface area contributed by atoms with Crippen LogP contribution in [-0.2, 0) is 6.42 Å². The van der Waals surface area contributed by atoms with Crippen molar-refractivity contribution >= 4 is 0 Å². The lowest BCUT2D eigenvalue weighted by Crippen LogP contribution is -2.23. The summed E-state index contributed by atoms with van der Waals surface area (Å²) in [5.41, 5.74) is 9.41. The largest absolute Gasteiger partial charge is 0.324 e. The maximum Gasteiger partial charge on any atom is 0.0297 e. The number of benzene rings is 1. The topological polar surface area (TPSA) is 26.0 Å². The quantitative estimate of drug-likeness (QED) is 0.796. The third-order valence-electron chi connectivity index (χ3n) is 4.11. The molecule has 0 fully saturated rings. The van der Waals surface area contributed by atoms with Gasteiger partial charge in [-0.2, -0.15) is 0 Å². The van der Waals surface area contributed by atoms with E-state index in [1.54, 1.807) is 0 Å². The van der Waals surface area contributed by atoms with Crippen molar-refractivity contribution in [3.63, 3.8) is 0 Å². The summed E-state index contributed by atoms with van der Waals surface area (Å²) in [6.45, 7) is 13.7. The van der Waals surface area contributed by atoms with E-state index in [1.165, 1.54) is 11.1 Å². The van der Waals surface area contributed by atoms with Gasteiger partial charge in [0.2, 0.25) is 0 Å². The minimum atomic E-state index is 0.154. The van der Waals surface area contributed by atoms with Crippen molar-refractivity contribution in [3.05, 3.63) is 35.4 Å². The predicted molar refractivity (Wildman–Crippen MR) is 85.1 cm³/mol. The molecule has 0 heterocycles. The number of nitrogens with two attached hydrogens (primary N) is 1. The molecule has 0 bridgehead atoms. The molecular formula is C18H31N. The van der Waals surface area contributed by atoms with Gasteiger partial charge in [-0.05, 0) is 41.2 Å². The lowest BCUT2D eigenvalue weighted by molar-refractivity contribution is 0.234. The Kier molecular flexibility index (Phi) is 5.61. The lowest BCUT2D eigenvalue weighted by Gasteiger charge is -2.29. The Morgan fingerprint density at radius 2 is 1.74 bits per heavy atom. The van der Waals surface area contributed by atoms with Crippen molar-refractivity contribution in [1.82, 2.24) is 0 Å². The molecule has 108 valence electrons. The highest BCUT2D eigenvalue weighted by atomic mass is 14.6. The third kappa shape index (κ3) is 5.36. The summed E-state index contributed by atoms with van der Waals surface area (Å²) in [4.78, 5) is 0. The Bertz CT molecular complexity index is 387. The van der Waals surface area contributed by atoms with Gasteiger partial charge in [-0.1, -0.05) is 65.8 Å². The molecule has 19 heavy (non-hydrogen) atoms. The molecule has 0 aromatic heterocycles. The normalized spacial score (nSPS) is 15.6. The van der Waals surface area contributed by atoms with Gasteiger partial charge in [-0.25, -0.2) is 0 Å². The van der Waals surface area contributed by atoms with Crippen molar-refractivity contribution in [2.75, 3.05) is 0 Å². The van der Waals surface area contributed by atoms with E-state index in [9.17, 15) is 0 Å². The molecule has 1 rings (SSSR count). The molecule has 0 aliphatic rings. The highest BCUT2D eigenvalue weighted by Crippen LogP contribution is 2.32. The molecule has 0 amide bonds. The van der Waals surface area contributed by atoms with Crippen LogP contribution in [0, 0.1) is 17.3 Å². The number of hydrogen-bond donors (Lipinski definition) is 1. The summed E-state index contributed by atoms with van der Waals surface area (Å²) in [5.74, 6) is 1.32. The summed E-state index contributed by atoms with van der Waals surface area (Å²) < 4.78 is 0. The smallest absolute Gasteiger partial charge is 0.0297 e. The van der Waals surface area contributed by atoms with E-state index >= 15 is 0 Å². The predicted octanol–water partition coefficient (Wildman–Crippen LogP) is 4.96. The fraction of sp³-hybridized carbons (Fsp3) is 0.667. The summed E-state index contributed by atoms with van der Waals surface area (Å²) >= 11 is 0. The Balaban J connectivity index is 2.74. The van der Waals surface area contributed by atoms with Crippen LogP contribution in [-0.4, -0.2) is 0 Å². The van der Waals surface area contributed by atoms with Crippen LogP contribution >= 0.6 is 0 Å². The minimum Gasteiger partial charge on any atom is -0.324 e. The first kappa shape index (κ1) is 16.2. The molecule has 0 spiro atoms. The second-order valence-electron chi connectivity index (χ2n) is 7.45. The Morgan fingerprint density at radius 1 is 1.11 bits per heavy atom. The minimum absolute atomic E-state index is 0.154. The van der Waals surface area contributed by atoms with Gasteiger partial charge in [0.15, 0.2) is 0 Å². The molecule has 2 atom stereocenters. The van der Waals surface area contributed by atoms with Crippen LogP contribution in [0.2, 0.25) is 0 Å². The van der Waals surface area contributed by atoms with E-state index in [1.807, 2.05) is 0 Å². The van der Waals surface area contributed by atoms with Gasteiger partial charge in [-0.3, -0.25) is 0 Å². The molecule has 0 radical (unpaired) electrons. The molecule has 1 heteroatoms. The summed E-state index contributed by atoms with van der Waals surface area (Å²) in [7, 11) is 0. The maximum absolute atomic E-state index is 6.39. The monoisotopic (exact) mass is 261 g/mol. The van der Waals surface area contributed by atoms with Crippen LogP contribution in [0.1, 0.15) is 65.1 Å². The maximum atomic E-state index is 6.39. The zero-order valence-electron chi connectivity index (χ0n) is 13.5. The fourth-order valence-corrected chi connectivity index (χ4v) is 2.29. The second kappa shape index (κ2) is 6.56. The van der Waals surface area contributed by atoms with E-state index in [-0.39, 0.29) is 6.04 Å². The van der Waals surface area contributed by atoms with E-state index in [4.69, 9.17) is 5.73 Å². The van der Waals surface area contributed by atoms with Crippen LogP contribution in [0.3, 0.4) is 0 Å². The van der Waals surface area contributed by atoms with Crippen LogP contribution in [0.15, 0.2) is 24.3 Å². The summed E-state index contributed by atoms with van der Waals surface area (Å²) in [6, 6.07) is 8.98. The fourth-order valence-electron chi connectivity index (χ4n) is 2.29. The van der Waals surface area contributed by atoms with Crippen molar-refractivity contribution in [1.29, 1.82) is 0 Å². The van der Waals surface area contributed by atoms with E-state index in [2.05, 4.69) is 65.8 Å². The van der Waals surface area contributed by atoms with Crippen molar-refractivity contribution in [2.24, 2.45) is 23.0 Å². The summed E-state index contributed by atoms with van der Waals surface area (Å²) in [6.07, 6.45) is 2.18. The van der Waals surface area contributed by atoms with Gasteiger partial charge in [0.05, 0.1) is 0 Å². The first-order valence-corrected chi connectivity index (χ1v) is 7.54. The first-order valence-electron chi connectivity index (χ1n) is 7.54. The molecule has 0 saturated heterocycles. The molecule has 0 aliphatic heterocycles. The number of hydrogen-bond acceptors (Lipinski definition) is 1. The first-order chi connectivity index (χ1) is 8.70. The van der Waals surface area contributed by atoms with E-state index in [0.29, 0.717) is 17.3 Å². The molecule has 2 unspecified atom stereocenters. The third-order valence-corrected chi connectivity index (χ3v) is 4.11. The molecule has 1 aromatic rings. The average molecular weight is 261 g/mol. The van der Waals surface area contributed by atoms with Gasteiger partial charge in [-0.15, -0.1) is 0 Å². The molecule has 1 nitrogen and oxygen atoms in total. The van der Waals surface area contributed by atoms with Crippen LogP contribution in [0.4, 0.5) is 0 Å². The van der Waals surface area contributed by atoms with Gasteiger partial charge in [0.25, 0.3) is 0 Å². The van der Waals surface area contributed by atoms with Crippen LogP contribution in [0.5, 0.6) is 0 Å². The van der Waals surface area contributed by atoms with Gasteiger partial charge in [0.1, 0.15) is 0 Å². The number of rotatable bonds is 5. The average Bonchev–Trinajstić information content (AvgIpc) is 2.27. The van der Waals surface area contributed by atoms with Crippen LogP contribution in [0.25, 0.3) is 0 Å². The van der Waals surface area contributed by atoms with E-state index < -0.39 is 0 Å². The van der Waals surface area contributed by atoms with Gasteiger partial charge < -0.3 is 5.73 Å². The highest BCUT2D eigenvalue weighted by Gasteiger charge is 2.22. The van der Waals surface area contributed by atoms with Gasteiger partial charge in [0, 0.05) is 6.04 Å². The summed E-state index contributed by atoms with van der Waals surface area (Å²) in [5, 5.41) is 0. The SMILES string of the molecule is CC(C)Cc1cccc(C(N)CC(C)C(C)(C)C)c1. The molecule has 2 N–H and O–H groups in total. The molecular weight excluding hydrogens is 230 g/mol. The molecule has 0 saturated carbocycles. The van der Waals surface area contributed by atoms with Crippen LogP contribution < -0.4 is 5.73 Å². The van der Waals surface area contributed by atoms with Crippen molar-refractivity contribution in [3.8, 4) is 0 Å².